The summed E-state index contributed by atoms with van der Waals surface area (Å²) in [6.45, 7) is -0.370. The van der Waals surface area contributed by atoms with E-state index in [-0.39, 0.29) is 35.5 Å². The summed E-state index contributed by atoms with van der Waals surface area (Å²) in [5, 5.41) is 0. The lowest BCUT2D eigenvalue weighted by molar-refractivity contribution is -0.135. The SMILES string of the molecule is O=C(OCC(=O)N(Cc1ccccc1F)C1CC1)c1ccc(-c2ccccc2F)o1. The van der Waals surface area contributed by atoms with Gasteiger partial charge in [-0.2, -0.15) is 0 Å². The number of esters is 1. The second-order valence-corrected chi connectivity index (χ2v) is 7.06. The summed E-state index contributed by atoms with van der Waals surface area (Å²) in [6.07, 6.45) is 1.66. The van der Waals surface area contributed by atoms with E-state index in [1.807, 2.05) is 0 Å². The highest BCUT2D eigenvalue weighted by molar-refractivity contribution is 5.89. The molecule has 1 saturated carbocycles. The Hall–Kier alpha value is -3.48. The third kappa shape index (κ3) is 4.40. The molecule has 0 bridgehead atoms. The van der Waals surface area contributed by atoms with Gasteiger partial charge in [-0.15, -0.1) is 0 Å². The van der Waals surface area contributed by atoms with Gasteiger partial charge in [0.15, 0.2) is 6.61 Å². The van der Waals surface area contributed by atoms with Gasteiger partial charge in [-0.1, -0.05) is 30.3 Å². The van der Waals surface area contributed by atoms with Crippen LogP contribution >= 0.6 is 0 Å². The fourth-order valence-corrected chi connectivity index (χ4v) is 3.15. The molecule has 1 fully saturated rings. The Kier molecular flexibility index (Phi) is 5.61. The van der Waals surface area contributed by atoms with Crippen LogP contribution in [0.25, 0.3) is 11.3 Å². The topological polar surface area (TPSA) is 59.8 Å². The molecular weight excluding hydrogens is 392 g/mol. The van der Waals surface area contributed by atoms with E-state index in [0.717, 1.165) is 12.8 Å². The van der Waals surface area contributed by atoms with Crippen LogP contribution in [0.5, 0.6) is 0 Å². The summed E-state index contributed by atoms with van der Waals surface area (Å²) in [7, 11) is 0. The smallest absolute Gasteiger partial charge is 0.374 e. The molecule has 5 nitrogen and oxygen atoms in total. The summed E-state index contributed by atoms with van der Waals surface area (Å²) >= 11 is 0. The third-order valence-electron chi connectivity index (χ3n) is 4.88. The van der Waals surface area contributed by atoms with Crippen LogP contribution in [0.15, 0.2) is 65.1 Å². The number of benzene rings is 2. The molecule has 0 aliphatic heterocycles. The summed E-state index contributed by atoms with van der Waals surface area (Å²) in [5.41, 5.74) is 0.627. The van der Waals surface area contributed by atoms with Crippen molar-refractivity contribution < 1.29 is 27.5 Å². The highest BCUT2D eigenvalue weighted by Gasteiger charge is 2.33. The van der Waals surface area contributed by atoms with Gasteiger partial charge >= 0.3 is 5.97 Å². The lowest BCUT2D eigenvalue weighted by Crippen LogP contribution is -2.36. The van der Waals surface area contributed by atoms with Crippen molar-refractivity contribution in [2.75, 3.05) is 6.61 Å². The van der Waals surface area contributed by atoms with E-state index < -0.39 is 24.3 Å². The van der Waals surface area contributed by atoms with Crippen LogP contribution in [-0.2, 0) is 16.1 Å². The fourth-order valence-electron chi connectivity index (χ4n) is 3.15. The molecule has 1 aromatic heterocycles. The first kappa shape index (κ1) is 19.8. The van der Waals surface area contributed by atoms with Gasteiger partial charge in [0, 0.05) is 18.2 Å². The lowest BCUT2D eigenvalue weighted by atomic mass is 10.1. The van der Waals surface area contributed by atoms with Crippen molar-refractivity contribution in [1.82, 2.24) is 4.90 Å². The zero-order chi connectivity index (χ0) is 21.1. The molecule has 4 rings (SSSR count). The van der Waals surface area contributed by atoms with E-state index in [2.05, 4.69) is 0 Å². The largest absolute Gasteiger partial charge is 0.450 e. The summed E-state index contributed by atoms with van der Waals surface area (Å²) < 4.78 is 38.3. The van der Waals surface area contributed by atoms with Crippen LogP contribution in [0, 0.1) is 11.6 Å². The molecule has 2 aromatic carbocycles. The molecular formula is C23H19F2NO4. The number of rotatable bonds is 7. The number of amides is 1. The highest BCUT2D eigenvalue weighted by Crippen LogP contribution is 2.29. The van der Waals surface area contributed by atoms with E-state index in [0.29, 0.717) is 5.56 Å². The predicted molar refractivity (Wildman–Crippen MR) is 104 cm³/mol. The minimum atomic E-state index is -0.826. The summed E-state index contributed by atoms with van der Waals surface area (Å²) in [5.74, 6) is -2.04. The average molecular weight is 411 g/mol. The van der Waals surface area contributed by atoms with Crippen LogP contribution < -0.4 is 0 Å². The Morgan fingerprint density at radius 1 is 0.967 bits per heavy atom. The van der Waals surface area contributed by atoms with Crippen LogP contribution in [0.1, 0.15) is 29.0 Å². The van der Waals surface area contributed by atoms with E-state index in [1.54, 1.807) is 30.3 Å². The second kappa shape index (κ2) is 8.49. The Labute approximate surface area is 171 Å². The minimum Gasteiger partial charge on any atom is -0.450 e. The Balaban J connectivity index is 1.39. The number of halogens is 2. The maximum atomic E-state index is 13.9. The van der Waals surface area contributed by atoms with E-state index >= 15 is 0 Å². The zero-order valence-electron chi connectivity index (χ0n) is 16.0. The van der Waals surface area contributed by atoms with Crippen LogP contribution in [0.3, 0.4) is 0 Å². The molecule has 1 aliphatic rings. The van der Waals surface area contributed by atoms with E-state index in [9.17, 15) is 18.4 Å². The first-order valence-corrected chi connectivity index (χ1v) is 9.57. The lowest BCUT2D eigenvalue weighted by Gasteiger charge is -2.22. The third-order valence-corrected chi connectivity index (χ3v) is 4.88. The monoisotopic (exact) mass is 411 g/mol. The molecule has 1 amide bonds. The summed E-state index contributed by atoms with van der Waals surface area (Å²) in [6, 6.07) is 15.1. The number of furan rings is 1. The average Bonchev–Trinajstić information content (AvgIpc) is 3.47. The molecule has 0 atom stereocenters. The Morgan fingerprint density at radius 2 is 1.67 bits per heavy atom. The number of hydrogen-bond donors (Lipinski definition) is 0. The number of nitrogens with zero attached hydrogens (tertiary/aromatic N) is 1. The second-order valence-electron chi connectivity index (χ2n) is 7.06. The van der Waals surface area contributed by atoms with E-state index in [1.165, 1.54) is 35.2 Å². The highest BCUT2D eigenvalue weighted by atomic mass is 19.1. The molecule has 154 valence electrons. The Morgan fingerprint density at radius 3 is 2.37 bits per heavy atom. The van der Waals surface area contributed by atoms with Gasteiger partial charge in [0.25, 0.3) is 5.91 Å². The summed E-state index contributed by atoms with van der Waals surface area (Å²) in [4.78, 5) is 26.4. The van der Waals surface area contributed by atoms with Crippen LogP contribution in [0.2, 0.25) is 0 Å². The normalized spacial score (nSPS) is 13.1. The molecule has 1 aliphatic carbocycles. The molecule has 0 N–H and O–H groups in total. The molecule has 0 spiro atoms. The molecule has 30 heavy (non-hydrogen) atoms. The first-order chi connectivity index (χ1) is 14.5. The van der Waals surface area contributed by atoms with Gasteiger partial charge in [-0.05, 0) is 43.2 Å². The van der Waals surface area contributed by atoms with Crippen LogP contribution in [-0.4, -0.2) is 29.4 Å². The van der Waals surface area contributed by atoms with Gasteiger partial charge < -0.3 is 14.1 Å². The van der Waals surface area contributed by atoms with Crippen molar-refractivity contribution in [3.05, 3.63) is 83.6 Å². The van der Waals surface area contributed by atoms with Gasteiger partial charge in [0.1, 0.15) is 17.4 Å². The maximum Gasteiger partial charge on any atom is 0.374 e. The molecule has 0 radical (unpaired) electrons. The van der Waals surface area contributed by atoms with Crippen molar-refractivity contribution in [1.29, 1.82) is 0 Å². The van der Waals surface area contributed by atoms with Gasteiger partial charge in [0.2, 0.25) is 5.76 Å². The molecule has 0 saturated heterocycles. The quantitative estimate of drug-likeness (QED) is 0.535. The number of carbonyl (C=O) groups is 2. The van der Waals surface area contributed by atoms with Crippen molar-refractivity contribution in [3.8, 4) is 11.3 Å². The standard InChI is InChI=1S/C23H19F2NO4/c24-18-7-3-1-5-15(18)13-26(16-9-10-16)22(27)14-29-23(28)21-12-11-20(30-21)17-6-2-4-8-19(17)25/h1-8,11-12,16H,9-10,13-14H2. The van der Waals surface area contributed by atoms with E-state index in [4.69, 9.17) is 9.15 Å². The van der Waals surface area contributed by atoms with Crippen molar-refractivity contribution in [2.45, 2.75) is 25.4 Å². The van der Waals surface area contributed by atoms with Crippen molar-refractivity contribution in [2.24, 2.45) is 0 Å². The first-order valence-electron chi connectivity index (χ1n) is 9.57. The molecule has 7 heteroatoms. The molecule has 0 unspecified atom stereocenters. The number of hydrogen-bond acceptors (Lipinski definition) is 4. The van der Waals surface area contributed by atoms with Gasteiger partial charge in [0.05, 0.1) is 5.56 Å². The van der Waals surface area contributed by atoms with Crippen molar-refractivity contribution >= 4 is 11.9 Å². The fraction of sp³-hybridized carbons (Fsp3) is 0.217. The number of carbonyl (C=O) groups excluding carboxylic acids is 2. The number of ether oxygens (including phenoxy) is 1. The predicted octanol–water partition coefficient (Wildman–Crippen LogP) is 4.57. The molecule has 1 heterocycles. The van der Waals surface area contributed by atoms with Crippen LogP contribution in [0.4, 0.5) is 8.78 Å². The zero-order valence-corrected chi connectivity index (χ0v) is 16.0. The maximum absolute atomic E-state index is 13.9. The minimum absolute atomic E-state index is 0.0204. The Bertz CT molecular complexity index is 1070. The van der Waals surface area contributed by atoms with Gasteiger partial charge in [-0.3, -0.25) is 4.79 Å². The van der Waals surface area contributed by atoms with Crippen molar-refractivity contribution in [3.63, 3.8) is 0 Å². The van der Waals surface area contributed by atoms with Gasteiger partial charge in [-0.25, -0.2) is 13.6 Å². The molecule has 3 aromatic rings.